The highest BCUT2D eigenvalue weighted by molar-refractivity contribution is 5.94. The first-order valence-corrected chi connectivity index (χ1v) is 8.73. The van der Waals surface area contributed by atoms with E-state index in [4.69, 9.17) is 0 Å². The Labute approximate surface area is 143 Å². The van der Waals surface area contributed by atoms with Crippen LogP contribution in [0.4, 0.5) is 0 Å². The van der Waals surface area contributed by atoms with Gasteiger partial charge in [-0.1, -0.05) is 31.5 Å². The molecule has 1 aromatic carbocycles. The highest BCUT2D eigenvalue weighted by Crippen LogP contribution is 2.23. The zero-order valence-electron chi connectivity index (χ0n) is 14.8. The fourth-order valence-corrected chi connectivity index (χ4v) is 3.42. The van der Waals surface area contributed by atoms with E-state index < -0.39 is 0 Å². The van der Waals surface area contributed by atoms with Crippen LogP contribution >= 0.6 is 0 Å². The third kappa shape index (κ3) is 3.36. The molecule has 1 aliphatic rings. The maximum atomic E-state index is 12.9. The monoisotopic (exact) mass is 326 g/mol. The molecule has 0 saturated heterocycles. The number of aryl methyl sites for hydroxylation is 1. The molecule has 0 N–H and O–H groups in total. The highest BCUT2D eigenvalue weighted by Gasteiger charge is 2.29. The van der Waals surface area contributed by atoms with Crippen LogP contribution in [-0.4, -0.2) is 51.7 Å². The summed E-state index contributed by atoms with van der Waals surface area (Å²) in [4.78, 5) is 17.3. The van der Waals surface area contributed by atoms with Gasteiger partial charge in [0.1, 0.15) is 0 Å². The number of amides is 1. The maximum absolute atomic E-state index is 12.9. The molecule has 1 aromatic heterocycles. The molecule has 0 radical (unpaired) electrons. The Hall–Kier alpha value is -2.14. The Morgan fingerprint density at radius 1 is 1.29 bits per heavy atom. The average molecular weight is 326 g/mol. The first kappa shape index (κ1) is 16.7. The molecule has 1 aliphatic heterocycles. The van der Waals surface area contributed by atoms with E-state index in [1.165, 1.54) is 0 Å². The van der Waals surface area contributed by atoms with Crippen molar-refractivity contribution in [2.75, 3.05) is 26.2 Å². The van der Waals surface area contributed by atoms with Crippen molar-refractivity contribution >= 4 is 5.91 Å². The maximum Gasteiger partial charge on any atom is 0.254 e. The molecule has 24 heavy (non-hydrogen) atoms. The van der Waals surface area contributed by atoms with Crippen LogP contribution in [0.1, 0.15) is 41.5 Å². The molecule has 1 atom stereocenters. The van der Waals surface area contributed by atoms with Crippen LogP contribution in [0.2, 0.25) is 0 Å². The second-order valence-corrected chi connectivity index (χ2v) is 6.46. The van der Waals surface area contributed by atoms with Gasteiger partial charge >= 0.3 is 0 Å². The van der Waals surface area contributed by atoms with Crippen LogP contribution in [-0.2, 0) is 6.54 Å². The number of rotatable bonds is 5. The van der Waals surface area contributed by atoms with Crippen molar-refractivity contribution in [2.24, 2.45) is 0 Å². The van der Waals surface area contributed by atoms with Gasteiger partial charge in [-0.2, -0.15) is 5.10 Å². The van der Waals surface area contributed by atoms with E-state index in [2.05, 4.69) is 28.5 Å². The fourth-order valence-electron chi connectivity index (χ4n) is 3.42. The van der Waals surface area contributed by atoms with Gasteiger partial charge in [-0.3, -0.25) is 9.48 Å². The predicted octanol–water partition coefficient (Wildman–Crippen LogP) is 2.73. The minimum absolute atomic E-state index is 0.107. The molecular weight excluding hydrogens is 300 g/mol. The van der Waals surface area contributed by atoms with Gasteiger partial charge in [-0.15, -0.1) is 0 Å². The summed E-state index contributed by atoms with van der Waals surface area (Å²) in [5, 5.41) is 4.49. The molecule has 1 amide bonds. The number of hydrogen-bond acceptors (Lipinski definition) is 3. The summed E-state index contributed by atoms with van der Waals surface area (Å²) in [5.41, 5.74) is 2.99. The number of carbonyl (C=O) groups excluding carboxylic acids is 1. The molecular formula is C19H26N4O. The first-order valence-electron chi connectivity index (χ1n) is 8.73. The quantitative estimate of drug-likeness (QED) is 0.848. The Morgan fingerprint density at radius 3 is 2.79 bits per heavy atom. The molecule has 2 aromatic rings. The van der Waals surface area contributed by atoms with E-state index in [0.29, 0.717) is 13.1 Å². The molecule has 0 saturated carbocycles. The molecule has 0 bridgehead atoms. The fraction of sp³-hybridized carbons (Fsp3) is 0.474. The summed E-state index contributed by atoms with van der Waals surface area (Å²) in [7, 11) is 0. The van der Waals surface area contributed by atoms with Crippen molar-refractivity contribution in [3.63, 3.8) is 0 Å². The number of carbonyl (C=O) groups is 1. The number of fused-ring (bicyclic) bond motifs is 1. The van der Waals surface area contributed by atoms with E-state index in [-0.39, 0.29) is 11.9 Å². The molecule has 128 valence electrons. The van der Waals surface area contributed by atoms with Crippen LogP contribution < -0.4 is 0 Å². The Kier molecular flexibility index (Phi) is 5.00. The molecule has 1 unspecified atom stereocenters. The summed E-state index contributed by atoms with van der Waals surface area (Å²) in [6, 6.07) is 10.1. The Morgan fingerprint density at radius 2 is 2.08 bits per heavy atom. The number of hydrogen-bond donors (Lipinski definition) is 0. The first-order chi connectivity index (χ1) is 11.6. The van der Waals surface area contributed by atoms with Crippen LogP contribution in [0.5, 0.6) is 0 Å². The smallest absolute Gasteiger partial charge is 0.254 e. The van der Waals surface area contributed by atoms with Crippen molar-refractivity contribution in [1.82, 2.24) is 19.6 Å². The third-order valence-corrected chi connectivity index (χ3v) is 4.80. The SMILES string of the molecule is CCN(CC)CC1CN(C(=O)c2cccc(C)c2)Cc2ccnn21. The van der Waals surface area contributed by atoms with Crippen molar-refractivity contribution in [3.8, 4) is 0 Å². The van der Waals surface area contributed by atoms with Crippen molar-refractivity contribution in [3.05, 3.63) is 53.3 Å². The van der Waals surface area contributed by atoms with Gasteiger partial charge in [0, 0.05) is 24.8 Å². The summed E-state index contributed by atoms with van der Waals surface area (Å²) in [5.74, 6) is 0.107. The minimum atomic E-state index is 0.107. The molecule has 5 heteroatoms. The molecule has 0 spiro atoms. The normalized spacial score (nSPS) is 17.2. The van der Waals surface area contributed by atoms with E-state index in [9.17, 15) is 4.79 Å². The van der Waals surface area contributed by atoms with E-state index in [1.807, 2.05) is 48.4 Å². The molecule has 0 fully saturated rings. The van der Waals surface area contributed by atoms with Gasteiger partial charge in [0.05, 0.1) is 18.3 Å². The van der Waals surface area contributed by atoms with Crippen molar-refractivity contribution in [2.45, 2.75) is 33.4 Å². The lowest BCUT2D eigenvalue weighted by molar-refractivity contribution is 0.0642. The minimum Gasteiger partial charge on any atom is -0.331 e. The van der Waals surface area contributed by atoms with Crippen LogP contribution in [0.15, 0.2) is 36.5 Å². The molecule has 2 heterocycles. The number of aromatic nitrogens is 2. The standard InChI is InChI=1S/C19H26N4O/c1-4-21(5-2)12-18-14-22(13-17-9-10-20-23(17)18)19(24)16-8-6-7-15(3)11-16/h6-11,18H,4-5,12-14H2,1-3H3. The van der Waals surface area contributed by atoms with E-state index in [0.717, 1.165) is 36.5 Å². The highest BCUT2D eigenvalue weighted by atomic mass is 16.2. The number of likely N-dealkylation sites (N-methyl/N-ethyl adjacent to an activating group) is 1. The largest absolute Gasteiger partial charge is 0.331 e. The zero-order chi connectivity index (χ0) is 17.1. The topological polar surface area (TPSA) is 41.4 Å². The van der Waals surface area contributed by atoms with E-state index >= 15 is 0 Å². The van der Waals surface area contributed by atoms with Gasteiger partial charge in [0.2, 0.25) is 0 Å². The average Bonchev–Trinajstić information content (AvgIpc) is 3.07. The number of nitrogens with zero attached hydrogens (tertiary/aromatic N) is 4. The van der Waals surface area contributed by atoms with E-state index in [1.54, 1.807) is 0 Å². The summed E-state index contributed by atoms with van der Waals surface area (Å²) in [6.07, 6.45) is 1.84. The van der Waals surface area contributed by atoms with Crippen molar-refractivity contribution in [1.29, 1.82) is 0 Å². The van der Waals surface area contributed by atoms with Crippen LogP contribution in [0, 0.1) is 6.92 Å². The zero-order valence-corrected chi connectivity index (χ0v) is 14.8. The lowest BCUT2D eigenvalue weighted by Crippen LogP contribution is -2.45. The predicted molar refractivity (Wildman–Crippen MR) is 95.0 cm³/mol. The van der Waals surface area contributed by atoms with Crippen LogP contribution in [0.3, 0.4) is 0 Å². The van der Waals surface area contributed by atoms with Gasteiger partial charge in [-0.25, -0.2) is 0 Å². The summed E-state index contributed by atoms with van der Waals surface area (Å²) in [6.45, 7) is 10.6. The number of benzene rings is 1. The third-order valence-electron chi connectivity index (χ3n) is 4.80. The lowest BCUT2D eigenvalue weighted by atomic mass is 10.1. The van der Waals surface area contributed by atoms with Gasteiger partial charge < -0.3 is 9.80 Å². The van der Waals surface area contributed by atoms with Crippen molar-refractivity contribution < 1.29 is 4.79 Å². The van der Waals surface area contributed by atoms with Crippen LogP contribution in [0.25, 0.3) is 0 Å². The molecule has 3 rings (SSSR count). The molecule has 5 nitrogen and oxygen atoms in total. The molecule has 0 aliphatic carbocycles. The van der Waals surface area contributed by atoms with Gasteiger partial charge in [0.15, 0.2) is 0 Å². The summed E-state index contributed by atoms with van der Waals surface area (Å²) >= 11 is 0. The lowest BCUT2D eigenvalue weighted by Gasteiger charge is -2.36. The second-order valence-electron chi connectivity index (χ2n) is 6.46. The second kappa shape index (κ2) is 7.18. The summed E-state index contributed by atoms with van der Waals surface area (Å²) < 4.78 is 2.10. The van der Waals surface area contributed by atoms with Gasteiger partial charge in [0.25, 0.3) is 5.91 Å². The van der Waals surface area contributed by atoms with Gasteiger partial charge in [-0.05, 0) is 38.2 Å². The Balaban J connectivity index is 1.82. The Bertz CT molecular complexity index is 705.